The predicted molar refractivity (Wildman–Crippen MR) is 104 cm³/mol. The minimum atomic E-state index is 0.238. The zero-order chi connectivity index (χ0) is 17.5. The van der Waals surface area contributed by atoms with Crippen LogP contribution in [-0.4, -0.2) is 36.0 Å². The van der Waals surface area contributed by atoms with Crippen molar-refractivity contribution in [3.63, 3.8) is 0 Å². The van der Waals surface area contributed by atoms with E-state index in [-0.39, 0.29) is 5.91 Å². The fraction of sp³-hybridized carbons (Fsp3) is 0.684. The van der Waals surface area contributed by atoms with Gasteiger partial charge in [-0.2, -0.15) is 0 Å². The van der Waals surface area contributed by atoms with Gasteiger partial charge in [0.1, 0.15) is 0 Å². The number of carbonyl (C=O) groups is 1. The average molecular weight is 350 g/mol. The van der Waals surface area contributed by atoms with Crippen LogP contribution in [0.2, 0.25) is 0 Å². The average Bonchev–Trinajstić information content (AvgIpc) is 2.96. The first-order valence-electron chi connectivity index (χ1n) is 9.06. The molecule has 0 aromatic carbocycles. The highest BCUT2D eigenvalue weighted by Crippen LogP contribution is 2.32. The third-order valence-electron chi connectivity index (χ3n) is 4.68. The Hall–Kier alpha value is -1.23. The summed E-state index contributed by atoms with van der Waals surface area (Å²) in [5.74, 6) is 0.834. The standard InChI is InChI=1S/C19H31N3OS/c1-14(2)18(21-15(3)13-22-12-8-11-17(22)23)24-19(20-4)16-9-6-5-7-10-16/h16,21H,3,5-13H2,1-2,4H3/b20-19-. The SMILES string of the molecule is C=C(CN1CCCC1=O)NC(S/C(=N\C)C1CCCCC1)=C(C)C. The number of likely N-dealkylation sites (tertiary alicyclic amines) is 1. The lowest BCUT2D eigenvalue weighted by molar-refractivity contribution is -0.127. The third kappa shape index (κ3) is 5.40. The highest BCUT2D eigenvalue weighted by molar-refractivity contribution is 8.17. The van der Waals surface area contributed by atoms with Gasteiger partial charge in [0, 0.05) is 31.6 Å². The predicted octanol–water partition coefficient (Wildman–Crippen LogP) is 4.31. The summed E-state index contributed by atoms with van der Waals surface area (Å²) >= 11 is 1.75. The Labute approximate surface area is 150 Å². The Bertz CT molecular complexity index is 529. The monoisotopic (exact) mass is 349 g/mol. The summed E-state index contributed by atoms with van der Waals surface area (Å²) in [5, 5.41) is 5.78. The quantitative estimate of drug-likeness (QED) is 0.574. The van der Waals surface area contributed by atoms with E-state index in [0.717, 1.165) is 23.7 Å². The van der Waals surface area contributed by atoms with E-state index in [4.69, 9.17) is 0 Å². The van der Waals surface area contributed by atoms with Crippen molar-refractivity contribution in [1.29, 1.82) is 0 Å². The minimum Gasteiger partial charge on any atom is -0.352 e. The van der Waals surface area contributed by atoms with Crippen LogP contribution in [0, 0.1) is 5.92 Å². The van der Waals surface area contributed by atoms with Gasteiger partial charge in [-0.15, -0.1) is 0 Å². The van der Waals surface area contributed by atoms with Crippen molar-refractivity contribution in [3.05, 3.63) is 22.9 Å². The van der Waals surface area contributed by atoms with E-state index in [0.29, 0.717) is 18.9 Å². The first-order chi connectivity index (χ1) is 11.5. The maximum absolute atomic E-state index is 11.8. The molecule has 1 saturated carbocycles. The van der Waals surface area contributed by atoms with E-state index in [1.54, 1.807) is 11.8 Å². The molecule has 4 nitrogen and oxygen atoms in total. The van der Waals surface area contributed by atoms with Crippen LogP contribution in [0.4, 0.5) is 0 Å². The topological polar surface area (TPSA) is 44.7 Å². The van der Waals surface area contributed by atoms with Crippen molar-refractivity contribution in [1.82, 2.24) is 10.2 Å². The number of aliphatic imine (C=N–C) groups is 1. The Morgan fingerprint density at radius 1 is 1.29 bits per heavy atom. The van der Waals surface area contributed by atoms with Crippen LogP contribution in [0.1, 0.15) is 58.8 Å². The number of rotatable bonds is 6. The van der Waals surface area contributed by atoms with E-state index in [9.17, 15) is 4.79 Å². The Balaban J connectivity index is 1.95. The van der Waals surface area contributed by atoms with Crippen LogP contribution in [-0.2, 0) is 4.79 Å². The van der Waals surface area contributed by atoms with Crippen molar-refractivity contribution in [2.45, 2.75) is 58.8 Å². The molecule has 0 unspecified atom stereocenters. The van der Waals surface area contributed by atoms with Gasteiger partial charge in [-0.1, -0.05) is 37.6 Å². The smallest absolute Gasteiger partial charge is 0.222 e. The molecular weight excluding hydrogens is 318 g/mol. The molecule has 1 amide bonds. The molecule has 5 heteroatoms. The van der Waals surface area contributed by atoms with Gasteiger partial charge in [0.05, 0.1) is 16.6 Å². The number of carbonyl (C=O) groups excluding carboxylic acids is 1. The normalized spacial score (nSPS) is 19.5. The number of thioether (sulfide) groups is 1. The fourth-order valence-electron chi connectivity index (χ4n) is 3.32. The number of nitrogens with one attached hydrogen (secondary N) is 1. The highest BCUT2D eigenvalue weighted by atomic mass is 32.2. The molecule has 1 aliphatic heterocycles. The maximum Gasteiger partial charge on any atom is 0.222 e. The molecule has 1 N–H and O–H groups in total. The van der Waals surface area contributed by atoms with Gasteiger partial charge in [-0.25, -0.2) is 0 Å². The summed E-state index contributed by atoms with van der Waals surface area (Å²) in [6, 6.07) is 0. The lowest BCUT2D eigenvalue weighted by Crippen LogP contribution is -2.31. The number of nitrogens with zero attached hydrogens (tertiary/aromatic N) is 2. The van der Waals surface area contributed by atoms with Crippen molar-refractivity contribution < 1.29 is 4.79 Å². The zero-order valence-electron chi connectivity index (χ0n) is 15.4. The van der Waals surface area contributed by atoms with Crippen molar-refractivity contribution in [2.24, 2.45) is 10.9 Å². The van der Waals surface area contributed by atoms with Gasteiger partial charge >= 0.3 is 0 Å². The Morgan fingerprint density at radius 2 is 2.00 bits per heavy atom. The summed E-state index contributed by atoms with van der Waals surface area (Å²) in [6.07, 6.45) is 8.11. The van der Waals surface area contributed by atoms with Crippen LogP contribution in [0.5, 0.6) is 0 Å². The van der Waals surface area contributed by atoms with Gasteiger partial charge in [0.25, 0.3) is 0 Å². The second-order valence-electron chi connectivity index (χ2n) is 6.98. The molecule has 0 atom stereocenters. The molecule has 0 bridgehead atoms. The van der Waals surface area contributed by atoms with Crippen LogP contribution in [0.15, 0.2) is 27.9 Å². The van der Waals surface area contributed by atoms with Crippen LogP contribution < -0.4 is 5.32 Å². The molecule has 0 aromatic heterocycles. The van der Waals surface area contributed by atoms with E-state index in [1.165, 1.54) is 42.7 Å². The van der Waals surface area contributed by atoms with E-state index >= 15 is 0 Å². The second kappa shape index (κ2) is 9.30. The molecule has 1 aliphatic carbocycles. The van der Waals surface area contributed by atoms with Gasteiger partial charge in [-0.05, 0) is 38.7 Å². The molecule has 134 valence electrons. The summed E-state index contributed by atoms with van der Waals surface area (Å²) in [7, 11) is 1.90. The van der Waals surface area contributed by atoms with E-state index < -0.39 is 0 Å². The first kappa shape index (κ1) is 19.1. The molecule has 24 heavy (non-hydrogen) atoms. The fourth-order valence-corrected chi connectivity index (χ4v) is 4.42. The number of hydrogen-bond donors (Lipinski definition) is 1. The second-order valence-corrected chi connectivity index (χ2v) is 8.01. The molecule has 2 rings (SSSR count). The Kier molecular flexibility index (Phi) is 7.40. The van der Waals surface area contributed by atoms with E-state index in [1.807, 2.05) is 11.9 Å². The molecular formula is C19H31N3OS. The van der Waals surface area contributed by atoms with Crippen LogP contribution in [0.25, 0.3) is 0 Å². The van der Waals surface area contributed by atoms with Gasteiger partial charge in [0.2, 0.25) is 5.91 Å². The van der Waals surface area contributed by atoms with Gasteiger partial charge < -0.3 is 10.2 Å². The molecule has 0 spiro atoms. The molecule has 0 radical (unpaired) electrons. The lowest BCUT2D eigenvalue weighted by atomic mass is 9.90. The maximum atomic E-state index is 11.8. The molecule has 0 aromatic rings. The Morgan fingerprint density at radius 3 is 2.54 bits per heavy atom. The number of amides is 1. The van der Waals surface area contributed by atoms with Gasteiger partial charge in [-0.3, -0.25) is 9.79 Å². The number of hydrogen-bond acceptors (Lipinski definition) is 4. The first-order valence-corrected chi connectivity index (χ1v) is 9.87. The summed E-state index contributed by atoms with van der Waals surface area (Å²) in [6.45, 7) is 9.79. The van der Waals surface area contributed by atoms with E-state index in [2.05, 4.69) is 30.7 Å². The zero-order valence-corrected chi connectivity index (χ0v) is 16.2. The van der Waals surface area contributed by atoms with Crippen molar-refractivity contribution in [2.75, 3.05) is 20.1 Å². The third-order valence-corrected chi connectivity index (χ3v) is 6.12. The molecule has 2 aliphatic rings. The minimum absolute atomic E-state index is 0.238. The lowest BCUT2D eigenvalue weighted by Gasteiger charge is -2.25. The molecule has 1 saturated heterocycles. The summed E-state index contributed by atoms with van der Waals surface area (Å²) < 4.78 is 0. The molecule has 2 fully saturated rings. The summed E-state index contributed by atoms with van der Waals surface area (Å²) in [5.41, 5.74) is 2.11. The summed E-state index contributed by atoms with van der Waals surface area (Å²) in [4.78, 5) is 18.2. The van der Waals surface area contributed by atoms with Crippen molar-refractivity contribution >= 4 is 22.7 Å². The van der Waals surface area contributed by atoms with Crippen LogP contribution >= 0.6 is 11.8 Å². The van der Waals surface area contributed by atoms with Crippen LogP contribution in [0.3, 0.4) is 0 Å². The largest absolute Gasteiger partial charge is 0.352 e. The van der Waals surface area contributed by atoms with Gasteiger partial charge in [0.15, 0.2) is 0 Å². The molecule has 1 heterocycles. The number of allylic oxidation sites excluding steroid dienone is 1. The van der Waals surface area contributed by atoms with Crippen molar-refractivity contribution in [3.8, 4) is 0 Å². The highest BCUT2D eigenvalue weighted by Gasteiger charge is 2.23.